The van der Waals surface area contributed by atoms with Crippen molar-refractivity contribution in [2.45, 2.75) is 46.6 Å². The molecule has 0 aliphatic heterocycles. The second kappa shape index (κ2) is 3.68. The van der Waals surface area contributed by atoms with E-state index in [0.29, 0.717) is 0 Å². The van der Waals surface area contributed by atoms with Crippen molar-refractivity contribution in [3.63, 3.8) is 0 Å². The van der Waals surface area contributed by atoms with Gasteiger partial charge in [0.2, 0.25) is 0 Å². The molecular weight excluding hydrogens is 192 g/mol. The van der Waals surface area contributed by atoms with E-state index in [1.807, 2.05) is 13.8 Å². The minimum atomic E-state index is -0.984. The third-order valence-corrected chi connectivity index (χ3v) is 2.85. The average molecular weight is 210 g/mol. The Morgan fingerprint density at radius 2 is 2.00 bits per heavy atom. The Bertz CT molecular complexity index is 392. The second-order valence-corrected chi connectivity index (χ2v) is 4.28. The molecule has 0 unspecified atom stereocenters. The smallest absolute Gasteiger partial charge is 0.331 e. The predicted octanol–water partition coefficient (Wildman–Crippen LogP) is 1.88. The van der Waals surface area contributed by atoms with Gasteiger partial charge in [0.15, 0.2) is 5.54 Å². The number of carbonyl (C=O) groups is 1. The molecule has 0 fully saturated rings. The van der Waals surface area contributed by atoms with E-state index < -0.39 is 11.5 Å². The van der Waals surface area contributed by atoms with Gasteiger partial charge in [-0.1, -0.05) is 6.92 Å². The van der Waals surface area contributed by atoms with Crippen molar-refractivity contribution < 1.29 is 9.90 Å². The van der Waals surface area contributed by atoms with Gasteiger partial charge in [0.25, 0.3) is 0 Å². The lowest BCUT2D eigenvalue weighted by Gasteiger charge is -2.21. The van der Waals surface area contributed by atoms with Gasteiger partial charge in [-0.3, -0.25) is 4.68 Å². The standard InChI is InChI=1S/C11H18N2O2/c1-6-9-7(2)12-13(8(9)3)11(4,5)10(14)15/h6H2,1-5H3,(H,14,15). The molecule has 0 aliphatic rings. The summed E-state index contributed by atoms with van der Waals surface area (Å²) in [6, 6.07) is 0. The molecular formula is C11H18N2O2. The highest BCUT2D eigenvalue weighted by atomic mass is 16.4. The highest BCUT2D eigenvalue weighted by Gasteiger charge is 2.32. The number of carboxylic acid groups (broad SMARTS) is 1. The highest BCUT2D eigenvalue weighted by Crippen LogP contribution is 2.22. The maximum absolute atomic E-state index is 11.1. The van der Waals surface area contributed by atoms with Crippen molar-refractivity contribution in [2.75, 3.05) is 0 Å². The zero-order valence-corrected chi connectivity index (χ0v) is 9.96. The van der Waals surface area contributed by atoms with E-state index >= 15 is 0 Å². The first-order valence-electron chi connectivity index (χ1n) is 5.11. The molecule has 1 aromatic rings. The van der Waals surface area contributed by atoms with Crippen LogP contribution < -0.4 is 0 Å². The lowest BCUT2D eigenvalue weighted by Crippen LogP contribution is -2.37. The molecule has 0 saturated heterocycles. The number of aryl methyl sites for hydroxylation is 1. The molecule has 15 heavy (non-hydrogen) atoms. The zero-order chi connectivity index (χ0) is 11.8. The maximum Gasteiger partial charge on any atom is 0.331 e. The summed E-state index contributed by atoms with van der Waals surface area (Å²) in [6.07, 6.45) is 0.882. The van der Waals surface area contributed by atoms with Crippen LogP contribution in [0.1, 0.15) is 37.7 Å². The van der Waals surface area contributed by atoms with E-state index in [-0.39, 0.29) is 0 Å². The van der Waals surface area contributed by atoms with Crippen LogP contribution in [0.25, 0.3) is 0 Å². The van der Waals surface area contributed by atoms with Gasteiger partial charge in [0, 0.05) is 5.69 Å². The summed E-state index contributed by atoms with van der Waals surface area (Å²) < 4.78 is 1.60. The first-order chi connectivity index (χ1) is 6.82. The van der Waals surface area contributed by atoms with Crippen LogP contribution >= 0.6 is 0 Å². The van der Waals surface area contributed by atoms with Crippen molar-refractivity contribution in [1.82, 2.24) is 9.78 Å². The lowest BCUT2D eigenvalue weighted by atomic mass is 10.1. The van der Waals surface area contributed by atoms with E-state index in [0.717, 1.165) is 23.4 Å². The van der Waals surface area contributed by atoms with Gasteiger partial charge >= 0.3 is 5.97 Å². The summed E-state index contributed by atoms with van der Waals surface area (Å²) in [5, 5.41) is 13.4. The quantitative estimate of drug-likeness (QED) is 0.828. The van der Waals surface area contributed by atoms with Gasteiger partial charge < -0.3 is 5.11 Å². The third-order valence-electron chi connectivity index (χ3n) is 2.85. The number of hydrogen-bond acceptors (Lipinski definition) is 2. The van der Waals surface area contributed by atoms with Gasteiger partial charge in [-0.25, -0.2) is 4.79 Å². The fourth-order valence-corrected chi connectivity index (χ4v) is 1.82. The zero-order valence-electron chi connectivity index (χ0n) is 9.96. The number of carboxylic acids is 1. The highest BCUT2D eigenvalue weighted by molar-refractivity contribution is 5.75. The molecule has 0 bridgehead atoms. The summed E-state index contributed by atoms with van der Waals surface area (Å²) in [6.45, 7) is 9.21. The topological polar surface area (TPSA) is 55.1 Å². The molecule has 0 radical (unpaired) electrons. The van der Waals surface area contributed by atoms with E-state index in [4.69, 9.17) is 5.11 Å². The molecule has 0 aliphatic carbocycles. The molecule has 1 aromatic heterocycles. The van der Waals surface area contributed by atoms with Gasteiger partial charge in [0.05, 0.1) is 5.69 Å². The van der Waals surface area contributed by atoms with Crippen molar-refractivity contribution in [3.8, 4) is 0 Å². The van der Waals surface area contributed by atoms with Gasteiger partial charge in [-0.2, -0.15) is 5.10 Å². The van der Waals surface area contributed by atoms with Crippen molar-refractivity contribution >= 4 is 5.97 Å². The molecule has 4 heteroatoms. The maximum atomic E-state index is 11.1. The van der Waals surface area contributed by atoms with Crippen molar-refractivity contribution in [2.24, 2.45) is 0 Å². The summed E-state index contributed by atoms with van der Waals surface area (Å²) in [5.41, 5.74) is 2.03. The van der Waals surface area contributed by atoms with E-state index in [1.54, 1.807) is 18.5 Å². The average Bonchev–Trinajstić information content (AvgIpc) is 2.41. The van der Waals surface area contributed by atoms with Crippen LogP contribution in [0.3, 0.4) is 0 Å². The first-order valence-corrected chi connectivity index (χ1v) is 5.11. The minimum Gasteiger partial charge on any atom is -0.479 e. The Morgan fingerprint density at radius 3 is 2.33 bits per heavy atom. The van der Waals surface area contributed by atoms with E-state index in [9.17, 15) is 4.79 Å². The van der Waals surface area contributed by atoms with Crippen LogP contribution in [0.15, 0.2) is 0 Å². The normalized spacial score (nSPS) is 11.8. The molecule has 1 rings (SSSR count). The van der Waals surface area contributed by atoms with Crippen LogP contribution in [-0.2, 0) is 16.8 Å². The second-order valence-electron chi connectivity index (χ2n) is 4.28. The number of hydrogen-bond donors (Lipinski definition) is 1. The molecule has 1 heterocycles. The Morgan fingerprint density at radius 1 is 1.47 bits per heavy atom. The van der Waals surface area contributed by atoms with E-state index in [2.05, 4.69) is 12.0 Å². The predicted molar refractivity (Wildman–Crippen MR) is 58.0 cm³/mol. The summed E-state index contributed by atoms with van der Waals surface area (Å²) in [7, 11) is 0. The molecule has 84 valence electrons. The molecule has 0 spiro atoms. The Labute approximate surface area is 89.9 Å². The van der Waals surface area contributed by atoms with Gasteiger partial charge in [0.1, 0.15) is 0 Å². The van der Waals surface area contributed by atoms with Crippen LogP contribution in [-0.4, -0.2) is 20.9 Å². The number of rotatable bonds is 3. The molecule has 1 N–H and O–H groups in total. The molecule has 0 amide bonds. The number of aliphatic carboxylic acids is 1. The summed E-state index contributed by atoms with van der Waals surface area (Å²) in [5.74, 6) is -0.865. The first kappa shape index (κ1) is 11.8. The SMILES string of the molecule is CCc1c(C)nn(C(C)(C)C(=O)O)c1C. The minimum absolute atomic E-state index is 0.865. The molecule has 0 atom stereocenters. The van der Waals surface area contributed by atoms with Crippen molar-refractivity contribution in [1.29, 1.82) is 0 Å². The lowest BCUT2D eigenvalue weighted by molar-refractivity contribution is -0.146. The fourth-order valence-electron chi connectivity index (χ4n) is 1.82. The fraction of sp³-hybridized carbons (Fsp3) is 0.636. The Kier molecular flexibility index (Phi) is 2.88. The largest absolute Gasteiger partial charge is 0.479 e. The third kappa shape index (κ3) is 1.76. The summed E-state index contributed by atoms with van der Waals surface area (Å²) in [4.78, 5) is 11.1. The van der Waals surface area contributed by atoms with Crippen LogP contribution in [0, 0.1) is 13.8 Å². The molecule has 0 aromatic carbocycles. The molecule has 4 nitrogen and oxygen atoms in total. The van der Waals surface area contributed by atoms with E-state index in [1.165, 1.54) is 0 Å². The molecule has 0 saturated carbocycles. The van der Waals surface area contributed by atoms with Crippen LogP contribution in [0.4, 0.5) is 0 Å². The van der Waals surface area contributed by atoms with Gasteiger partial charge in [-0.15, -0.1) is 0 Å². The Balaban J connectivity index is 3.33. The van der Waals surface area contributed by atoms with Crippen molar-refractivity contribution in [3.05, 3.63) is 17.0 Å². The van der Waals surface area contributed by atoms with Gasteiger partial charge in [-0.05, 0) is 39.7 Å². The number of nitrogens with zero attached hydrogens (tertiary/aromatic N) is 2. The number of aromatic nitrogens is 2. The summed E-state index contributed by atoms with van der Waals surface area (Å²) >= 11 is 0. The van der Waals surface area contributed by atoms with Crippen LogP contribution in [0.5, 0.6) is 0 Å². The Hall–Kier alpha value is -1.32. The van der Waals surface area contributed by atoms with Crippen LogP contribution in [0.2, 0.25) is 0 Å². The monoisotopic (exact) mass is 210 g/mol.